The van der Waals surface area contributed by atoms with Gasteiger partial charge in [-0.15, -0.1) is 0 Å². The van der Waals surface area contributed by atoms with Crippen molar-refractivity contribution < 1.29 is 33.7 Å². The first-order valence-electron chi connectivity index (χ1n) is 12.9. The van der Waals surface area contributed by atoms with Crippen molar-refractivity contribution in [2.24, 2.45) is 0 Å². The summed E-state index contributed by atoms with van der Waals surface area (Å²) < 4.78 is 19.1. The summed E-state index contributed by atoms with van der Waals surface area (Å²) in [6, 6.07) is 11.0. The van der Waals surface area contributed by atoms with Crippen molar-refractivity contribution in [2.45, 2.75) is 31.8 Å². The molecule has 2 amide bonds. The number of likely N-dealkylation sites (tertiary alicyclic amines) is 1. The fraction of sp³-hybridized carbons (Fsp3) is 0.357. The number of rotatable bonds is 6. The summed E-state index contributed by atoms with van der Waals surface area (Å²) in [6.07, 6.45) is 3.28. The van der Waals surface area contributed by atoms with Crippen LogP contribution in [-0.4, -0.2) is 82.9 Å². The van der Waals surface area contributed by atoms with Gasteiger partial charge in [-0.1, -0.05) is 12.1 Å². The lowest BCUT2D eigenvalue weighted by Crippen LogP contribution is -2.45. The highest BCUT2D eigenvalue weighted by Gasteiger charge is 2.36. The number of hydrogen-bond acceptors (Lipinski definition) is 8. The van der Waals surface area contributed by atoms with Gasteiger partial charge in [0.25, 0.3) is 11.8 Å². The molecule has 0 aliphatic carbocycles. The molecule has 2 aromatic carbocycles. The maximum Gasteiger partial charge on any atom is 0.335 e. The smallest absolute Gasteiger partial charge is 0.335 e. The first-order valence-corrected chi connectivity index (χ1v) is 12.9. The van der Waals surface area contributed by atoms with Crippen LogP contribution >= 0.6 is 0 Å². The predicted octanol–water partition coefficient (Wildman–Crippen LogP) is 1.30. The van der Waals surface area contributed by atoms with Crippen molar-refractivity contribution in [1.82, 2.24) is 25.1 Å². The van der Waals surface area contributed by atoms with E-state index < -0.39 is 17.9 Å². The van der Waals surface area contributed by atoms with Crippen LogP contribution in [0.5, 0.6) is 11.5 Å². The van der Waals surface area contributed by atoms with E-state index in [0.29, 0.717) is 45.1 Å². The molecule has 0 spiro atoms. The van der Waals surface area contributed by atoms with Crippen LogP contribution in [0, 0.1) is 0 Å². The van der Waals surface area contributed by atoms with E-state index in [1.807, 2.05) is 35.0 Å². The van der Waals surface area contributed by atoms with Crippen LogP contribution in [0.1, 0.15) is 32.1 Å². The number of aromatic carboxylic acids is 1. The van der Waals surface area contributed by atoms with Crippen molar-refractivity contribution in [3.63, 3.8) is 0 Å². The van der Waals surface area contributed by atoms with Crippen LogP contribution in [-0.2, 0) is 29.2 Å². The van der Waals surface area contributed by atoms with E-state index in [-0.39, 0.29) is 35.5 Å². The van der Waals surface area contributed by atoms with E-state index >= 15 is 0 Å². The van der Waals surface area contributed by atoms with Gasteiger partial charge in [0.15, 0.2) is 6.61 Å². The van der Waals surface area contributed by atoms with Crippen LogP contribution in [0.2, 0.25) is 0 Å². The van der Waals surface area contributed by atoms with Crippen molar-refractivity contribution in [2.75, 3.05) is 33.4 Å². The molecule has 40 heavy (non-hydrogen) atoms. The monoisotopic (exact) mass is 549 g/mol. The number of ether oxygens (including phenoxy) is 3. The van der Waals surface area contributed by atoms with E-state index in [1.165, 1.54) is 18.2 Å². The zero-order valence-electron chi connectivity index (χ0n) is 22.0. The maximum atomic E-state index is 13.4. The molecule has 1 saturated heterocycles. The van der Waals surface area contributed by atoms with Gasteiger partial charge in [-0.2, -0.15) is 0 Å². The van der Waals surface area contributed by atoms with Crippen LogP contribution in [0.15, 0.2) is 54.9 Å². The summed E-state index contributed by atoms with van der Waals surface area (Å²) in [4.78, 5) is 44.1. The molecule has 3 N–H and O–H groups in total. The van der Waals surface area contributed by atoms with Gasteiger partial charge in [-0.05, 0) is 35.9 Å². The zero-order chi connectivity index (χ0) is 28.1. The van der Waals surface area contributed by atoms with Crippen LogP contribution in [0.4, 0.5) is 0 Å². The number of amides is 2. The second-order valence-corrected chi connectivity index (χ2v) is 9.72. The minimum Gasteiger partial charge on any atom is -0.487 e. The van der Waals surface area contributed by atoms with E-state index in [1.54, 1.807) is 13.3 Å². The van der Waals surface area contributed by atoms with Crippen LogP contribution < -0.4 is 20.1 Å². The molecule has 4 heterocycles. The number of hydrogen-bond donors (Lipinski definition) is 3. The Bertz CT molecular complexity index is 1370. The second-order valence-electron chi connectivity index (χ2n) is 9.72. The molecular formula is C28H31N5O7. The number of nitrogens with zero attached hydrogens (tertiary/aromatic N) is 3. The molecule has 3 aromatic rings. The average molecular weight is 550 g/mol. The summed E-state index contributed by atoms with van der Waals surface area (Å²) >= 11 is 0. The quantitative estimate of drug-likeness (QED) is 0.414. The zero-order valence-corrected chi connectivity index (χ0v) is 22.0. The number of benzene rings is 2. The molecule has 210 valence electrons. The Morgan fingerprint density at radius 1 is 1.15 bits per heavy atom. The number of carbonyl (C=O) groups is 3. The molecular weight excluding hydrogens is 518 g/mol. The number of imidazole rings is 1. The molecule has 0 saturated carbocycles. The average Bonchev–Trinajstić information content (AvgIpc) is 3.55. The van der Waals surface area contributed by atoms with E-state index in [2.05, 4.69) is 20.5 Å². The van der Waals surface area contributed by atoms with Crippen molar-refractivity contribution >= 4 is 17.8 Å². The fourth-order valence-electron chi connectivity index (χ4n) is 4.77. The highest BCUT2D eigenvalue weighted by atomic mass is 16.5. The highest BCUT2D eigenvalue weighted by molar-refractivity contribution is 5.98. The number of carboxylic acid groups (broad SMARTS) is 1. The van der Waals surface area contributed by atoms with Crippen LogP contribution in [0.3, 0.4) is 0 Å². The first kappa shape index (κ1) is 27.2. The van der Waals surface area contributed by atoms with Crippen molar-refractivity contribution in [1.29, 1.82) is 0 Å². The second kappa shape index (κ2) is 12.2. The maximum absolute atomic E-state index is 13.4. The Morgan fingerprint density at radius 2 is 1.98 bits per heavy atom. The van der Waals surface area contributed by atoms with Gasteiger partial charge in [-0.25, -0.2) is 9.78 Å². The Labute approximate surface area is 230 Å². The van der Waals surface area contributed by atoms with E-state index in [9.17, 15) is 19.5 Å². The Balaban J connectivity index is 1.42. The van der Waals surface area contributed by atoms with E-state index in [4.69, 9.17) is 14.2 Å². The van der Waals surface area contributed by atoms with E-state index in [0.717, 1.165) is 11.4 Å². The largest absolute Gasteiger partial charge is 0.487 e. The number of carboxylic acids is 1. The Hall–Kier alpha value is -4.42. The SMILES string of the molecule is COCCn1ccnc1CN1C[C@@H]2NC(=O)c3cc(cc(C(=O)O)c3)OCC(=O)NCc3ccc(cc3)O[C@H]2C1. The minimum absolute atomic E-state index is 0.107. The molecule has 0 unspecified atom stereocenters. The number of fused-ring (bicyclic) bond motifs is 7. The lowest BCUT2D eigenvalue weighted by atomic mass is 10.1. The first-order chi connectivity index (χ1) is 19.4. The summed E-state index contributed by atoms with van der Waals surface area (Å²) in [6.45, 7) is 2.78. The number of carbonyl (C=O) groups excluding carboxylic acids is 2. The standard InChI is InChI=1S/C28H31N5O7/c1-38-9-8-33-7-6-29-25(33)16-32-14-23-24(15-32)40-21-4-2-18(3-5-21)13-30-26(34)17-39-22-11-19(27(35)31-23)10-20(12-22)28(36)37/h2-7,10-12,23-24H,8-9,13-17H2,1H3,(H,30,34)(H,31,35)(H,36,37)/t23-,24-/m0/s1. The molecule has 12 nitrogen and oxygen atoms in total. The third kappa shape index (κ3) is 6.58. The van der Waals surface area contributed by atoms with Gasteiger partial charge in [0.2, 0.25) is 0 Å². The Morgan fingerprint density at radius 3 is 2.75 bits per heavy atom. The van der Waals surface area contributed by atoms with Crippen molar-refractivity contribution in [3.8, 4) is 11.5 Å². The normalized spacial score (nSPS) is 19.6. The topological polar surface area (TPSA) is 144 Å². The summed E-state index contributed by atoms with van der Waals surface area (Å²) in [5.74, 6) is -0.455. The predicted molar refractivity (Wildman–Crippen MR) is 142 cm³/mol. The molecule has 3 aliphatic heterocycles. The van der Waals surface area contributed by atoms with Crippen LogP contribution in [0.25, 0.3) is 0 Å². The lowest BCUT2D eigenvalue weighted by molar-refractivity contribution is -0.123. The molecule has 4 bridgehead atoms. The molecule has 1 aromatic heterocycles. The van der Waals surface area contributed by atoms with Gasteiger partial charge in [-0.3, -0.25) is 14.5 Å². The Kier molecular flexibility index (Phi) is 8.27. The van der Waals surface area contributed by atoms with Gasteiger partial charge in [0.05, 0.1) is 24.8 Å². The number of methoxy groups -OCH3 is 1. The summed E-state index contributed by atoms with van der Waals surface area (Å²) in [5, 5.41) is 15.4. The molecule has 2 atom stereocenters. The van der Waals surface area contributed by atoms with Gasteiger partial charge < -0.3 is 34.5 Å². The number of nitrogens with one attached hydrogen (secondary N) is 2. The highest BCUT2D eigenvalue weighted by Crippen LogP contribution is 2.23. The molecule has 1 fully saturated rings. The molecule has 6 rings (SSSR count). The third-order valence-corrected chi connectivity index (χ3v) is 6.85. The van der Waals surface area contributed by atoms with Gasteiger partial charge in [0.1, 0.15) is 23.4 Å². The lowest BCUT2D eigenvalue weighted by Gasteiger charge is -2.21. The molecule has 3 aliphatic rings. The van der Waals surface area contributed by atoms with Gasteiger partial charge >= 0.3 is 5.97 Å². The van der Waals surface area contributed by atoms with Crippen molar-refractivity contribution in [3.05, 3.63) is 77.4 Å². The number of aromatic nitrogens is 2. The summed E-state index contributed by atoms with van der Waals surface area (Å²) in [5.41, 5.74) is 0.860. The van der Waals surface area contributed by atoms with Gasteiger partial charge in [0, 0.05) is 51.2 Å². The summed E-state index contributed by atoms with van der Waals surface area (Å²) in [7, 11) is 1.65. The minimum atomic E-state index is -1.21. The third-order valence-electron chi connectivity index (χ3n) is 6.85. The molecule has 0 radical (unpaired) electrons. The molecule has 12 heteroatoms. The fourth-order valence-corrected chi connectivity index (χ4v) is 4.77.